The highest BCUT2D eigenvalue weighted by Gasteiger charge is 2.13. The summed E-state index contributed by atoms with van der Waals surface area (Å²) in [4.78, 5) is 11.9. The van der Waals surface area contributed by atoms with E-state index in [0.29, 0.717) is 23.8 Å². The maximum Gasteiger partial charge on any atom is 0.244 e. The van der Waals surface area contributed by atoms with Crippen molar-refractivity contribution < 1.29 is 23.4 Å². The third-order valence-corrected chi connectivity index (χ3v) is 3.49. The molecule has 132 valence electrons. The Bertz CT molecular complexity index is 732. The molecule has 0 radical (unpaired) electrons. The van der Waals surface area contributed by atoms with Crippen LogP contribution in [0.2, 0.25) is 0 Å². The van der Waals surface area contributed by atoms with E-state index < -0.39 is 0 Å². The second kappa shape index (κ2) is 8.73. The molecule has 0 spiro atoms. The number of hydrogen-bond acceptors (Lipinski definition) is 4. The van der Waals surface area contributed by atoms with Gasteiger partial charge in [-0.2, -0.15) is 0 Å². The maximum atomic E-state index is 12.8. The molecule has 0 saturated heterocycles. The molecule has 1 amide bonds. The van der Waals surface area contributed by atoms with Gasteiger partial charge >= 0.3 is 0 Å². The van der Waals surface area contributed by atoms with Crippen molar-refractivity contribution in [1.29, 1.82) is 0 Å². The van der Waals surface area contributed by atoms with Gasteiger partial charge in [-0.1, -0.05) is 12.1 Å². The van der Waals surface area contributed by atoms with Crippen LogP contribution < -0.4 is 19.5 Å². The van der Waals surface area contributed by atoms with E-state index in [1.165, 1.54) is 39.5 Å². The number of carbonyl (C=O) groups is 1. The van der Waals surface area contributed by atoms with E-state index in [2.05, 4.69) is 5.32 Å². The number of ether oxygens (including phenoxy) is 3. The van der Waals surface area contributed by atoms with E-state index >= 15 is 0 Å². The summed E-state index contributed by atoms with van der Waals surface area (Å²) in [6.45, 7) is 0.295. The smallest absolute Gasteiger partial charge is 0.244 e. The molecular formula is C19H20FNO4. The van der Waals surface area contributed by atoms with Gasteiger partial charge in [0.25, 0.3) is 0 Å². The van der Waals surface area contributed by atoms with Crippen LogP contribution in [0.5, 0.6) is 17.2 Å². The fraction of sp³-hybridized carbons (Fsp3) is 0.211. The summed E-state index contributed by atoms with van der Waals surface area (Å²) in [5.41, 5.74) is 1.54. The first-order chi connectivity index (χ1) is 12.1. The maximum absolute atomic E-state index is 12.8. The van der Waals surface area contributed by atoms with Gasteiger partial charge in [-0.05, 0) is 41.5 Å². The molecule has 6 heteroatoms. The molecule has 1 N–H and O–H groups in total. The number of rotatable bonds is 7. The highest BCUT2D eigenvalue weighted by molar-refractivity contribution is 5.91. The van der Waals surface area contributed by atoms with Crippen molar-refractivity contribution in [3.63, 3.8) is 0 Å². The molecule has 2 aromatic rings. The first kappa shape index (κ1) is 18.3. The quantitative estimate of drug-likeness (QED) is 0.783. The Kier molecular flexibility index (Phi) is 6.39. The van der Waals surface area contributed by atoms with E-state index in [4.69, 9.17) is 14.2 Å². The number of carbonyl (C=O) groups excluding carboxylic acids is 1. The zero-order valence-electron chi connectivity index (χ0n) is 14.3. The van der Waals surface area contributed by atoms with Crippen LogP contribution in [0.4, 0.5) is 4.39 Å². The van der Waals surface area contributed by atoms with Crippen molar-refractivity contribution in [1.82, 2.24) is 5.32 Å². The minimum Gasteiger partial charge on any atom is -0.493 e. The fourth-order valence-corrected chi connectivity index (χ4v) is 2.23. The molecule has 0 heterocycles. The summed E-state index contributed by atoms with van der Waals surface area (Å²) in [7, 11) is 4.60. The van der Waals surface area contributed by atoms with Gasteiger partial charge in [0.1, 0.15) is 5.82 Å². The van der Waals surface area contributed by atoms with Gasteiger partial charge in [0, 0.05) is 12.6 Å². The molecule has 0 saturated carbocycles. The Morgan fingerprint density at radius 3 is 2.16 bits per heavy atom. The Morgan fingerprint density at radius 2 is 1.64 bits per heavy atom. The van der Waals surface area contributed by atoms with Crippen LogP contribution in [0.1, 0.15) is 11.1 Å². The number of halogens is 1. The van der Waals surface area contributed by atoms with E-state index in [1.54, 1.807) is 30.3 Å². The number of benzene rings is 2. The van der Waals surface area contributed by atoms with Gasteiger partial charge in [-0.25, -0.2) is 4.39 Å². The molecule has 2 rings (SSSR count). The normalized spacial score (nSPS) is 10.6. The van der Waals surface area contributed by atoms with E-state index in [1.807, 2.05) is 0 Å². The topological polar surface area (TPSA) is 56.8 Å². The molecule has 0 aromatic heterocycles. The number of methoxy groups -OCH3 is 3. The Labute approximate surface area is 146 Å². The highest BCUT2D eigenvalue weighted by Crippen LogP contribution is 2.38. The lowest BCUT2D eigenvalue weighted by atomic mass is 10.1. The number of hydrogen-bond donors (Lipinski definition) is 1. The third-order valence-electron chi connectivity index (χ3n) is 3.49. The zero-order valence-corrected chi connectivity index (χ0v) is 14.3. The van der Waals surface area contributed by atoms with E-state index in [0.717, 1.165) is 11.1 Å². The minimum atomic E-state index is -0.316. The molecule has 0 unspecified atom stereocenters. The average molecular weight is 345 g/mol. The second-order valence-electron chi connectivity index (χ2n) is 5.14. The van der Waals surface area contributed by atoms with Gasteiger partial charge in [0.15, 0.2) is 11.5 Å². The lowest BCUT2D eigenvalue weighted by Crippen LogP contribution is -2.20. The molecule has 0 fully saturated rings. The van der Waals surface area contributed by atoms with Crippen molar-refractivity contribution in [2.24, 2.45) is 0 Å². The predicted molar refractivity (Wildman–Crippen MR) is 93.4 cm³/mol. The summed E-state index contributed by atoms with van der Waals surface area (Å²) in [6.07, 6.45) is 3.01. The van der Waals surface area contributed by atoms with Crippen LogP contribution in [0.3, 0.4) is 0 Å². The van der Waals surface area contributed by atoms with Crippen molar-refractivity contribution in [2.75, 3.05) is 21.3 Å². The zero-order chi connectivity index (χ0) is 18.2. The van der Waals surface area contributed by atoms with Crippen molar-refractivity contribution in [3.05, 3.63) is 59.4 Å². The van der Waals surface area contributed by atoms with E-state index in [-0.39, 0.29) is 11.7 Å². The van der Waals surface area contributed by atoms with Crippen molar-refractivity contribution in [3.8, 4) is 17.2 Å². The van der Waals surface area contributed by atoms with Gasteiger partial charge in [0.05, 0.1) is 21.3 Å². The van der Waals surface area contributed by atoms with Gasteiger partial charge < -0.3 is 19.5 Å². The Balaban J connectivity index is 2.02. The summed E-state index contributed by atoms with van der Waals surface area (Å²) in [5, 5.41) is 2.77. The molecule has 0 aliphatic carbocycles. The molecule has 0 atom stereocenters. The third kappa shape index (κ3) is 4.97. The van der Waals surface area contributed by atoms with Gasteiger partial charge in [-0.3, -0.25) is 4.79 Å². The Hall–Kier alpha value is -3.02. The second-order valence-corrected chi connectivity index (χ2v) is 5.14. The summed E-state index contributed by atoms with van der Waals surface area (Å²) < 4.78 is 28.7. The summed E-state index contributed by atoms with van der Waals surface area (Å²) in [6, 6.07) is 9.41. The molecule has 25 heavy (non-hydrogen) atoms. The number of nitrogens with one attached hydrogen (secondary N) is 1. The van der Waals surface area contributed by atoms with Crippen molar-refractivity contribution >= 4 is 12.0 Å². The van der Waals surface area contributed by atoms with Gasteiger partial charge in [-0.15, -0.1) is 0 Å². The number of amides is 1. The molecule has 0 bridgehead atoms. The molecule has 0 aliphatic heterocycles. The minimum absolute atomic E-state index is 0.266. The largest absolute Gasteiger partial charge is 0.493 e. The van der Waals surface area contributed by atoms with Crippen LogP contribution in [-0.2, 0) is 11.3 Å². The van der Waals surface area contributed by atoms with Crippen LogP contribution >= 0.6 is 0 Å². The lowest BCUT2D eigenvalue weighted by molar-refractivity contribution is -0.116. The Morgan fingerprint density at radius 1 is 1.04 bits per heavy atom. The van der Waals surface area contributed by atoms with Crippen LogP contribution in [-0.4, -0.2) is 27.2 Å². The molecule has 2 aromatic carbocycles. The fourth-order valence-electron chi connectivity index (χ4n) is 2.23. The monoisotopic (exact) mass is 345 g/mol. The van der Waals surface area contributed by atoms with Crippen LogP contribution in [0, 0.1) is 5.82 Å². The standard InChI is InChI=1S/C19H20FNO4/c1-23-16-10-14(11-17(24-2)19(16)25-3)12-21-18(22)9-6-13-4-7-15(20)8-5-13/h4-11H,12H2,1-3H3,(H,21,22)/b9-6+. The highest BCUT2D eigenvalue weighted by atomic mass is 19.1. The molecule has 5 nitrogen and oxygen atoms in total. The van der Waals surface area contributed by atoms with Crippen LogP contribution in [0.15, 0.2) is 42.5 Å². The molecule has 0 aliphatic rings. The van der Waals surface area contributed by atoms with E-state index in [9.17, 15) is 9.18 Å². The average Bonchev–Trinajstić information content (AvgIpc) is 2.64. The summed E-state index contributed by atoms with van der Waals surface area (Å²) >= 11 is 0. The first-order valence-electron chi connectivity index (χ1n) is 7.57. The van der Waals surface area contributed by atoms with Crippen LogP contribution in [0.25, 0.3) is 6.08 Å². The first-order valence-corrected chi connectivity index (χ1v) is 7.57. The SMILES string of the molecule is COc1cc(CNC(=O)/C=C/c2ccc(F)cc2)cc(OC)c1OC. The lowest BCUT2D eigenvalue weighted by Gasteiger charge is -2.14. The molecular weight excluding hydrogens is 325 g/mol. The summed E-state index contributed by atoms with van der Waals surface area (Å²) in [5.74, 6) is 0.958. The van der Waals surface area contributed by atoms with Crippen molar-refractivity contribution in [2.45, 2.75) is 6.54 Å². The van der Waals surface area contributed by atoms with Gasteiger partial charge in [0.2, 0.25) is 11.7 Å². The predicted octanol–water partition coefficient (Wildman–Crippen LogP) is 3.18.